The molecule has 124 valence electrons. The number of ether oxygens (including phenoxy) is 1. The molecule has 1 atom stereocenters. The number of hydrogen-bond acceptors (Lipinski definition) is 3. The maximum absolute atomic E-state index is 12.6. The van der Waals surface area contributed by atoms with E-state index in [1.165, 1.54) is 10.5 Å². The zero-order chi connectivity index (χ0) is 17.0. The lowest BCUT2D eigenvalue weighted by molar-refractivity contribution is -0.130. The summed E-state index contributed by atoms with van der Waals surface area (Å²) in [5.41, 5.74) is 1.71. The van der Waals surface area contributed by atoms with Crippen LogP contribution in [0.25, 0.3) is 0 Å². The van der Waals surface area contributed by atoms with Crippen LogP contribution in [0.2, 0.25) is 0 Å². The first-order valence-electron chi connectivity index (χ1n) is 7.78. The van der Waals surface area contributed by atoms with Crippen LogP contribution >= 0.6 is 0 Å². The number of likely N-dealkylation sites (N-methyl/N-ethyl adjacent to an activating group) is 2. The Bertz CT molecular complexity index is 620. The molecule has 0 radical (unpaired) electrons. The smallest absolute Gasteiger partial charge is 0.254 e. The summed E-state index contributed by atoms with van der Waals surface area (Å²) in [5, 5.41) is 0. The normalized spacial score (nSPS) is 17.1. The molecule has 1 heterocycles. The Morgan fingerprint density at radius 1 is 1.43 bits per heavy atom. The van der Waals surface area contributed by atoms with Gasteiger partial charge in [0.25, 0.3) is 5.91 Å². The van der Waals surface area contributed by atoms with Gasteiger partial charge in [0.2, 0.25) is 5.91 Å². The van der Waals surface area contributed by atoms with Crippen LogP contribution in [0.15, 0.2) is 35.9 Å². The Hall–Kier alpha value is -2.30. The van der Waals surface area contributed by atoms with E-state index in [1.54, 1.807) is 37.2 Å². The molecule has 1 aromatic rings. The topological polar surface area (TPSA) is 49.9 Å². The maximum Gasteiger partial charge on any atom is 0.254 e. The summed E-state index contributed by atoms with van der Waals surface area (Å²) in [5.74, 6) is 0.486. The molecular weight excluding hydrogens is 292 g/mol. The number of rotatable bonds is 5. The van der Waals surface area contributed by atoms with E-state index in [0.717, 1.165) is 0 Å². The van der Waals surface area contributed by atoms with Crippen LogP contribution in [0.3, 0.4) is 0 Å². The first-order valence-corrected chi connectivity index (χ1v) is 7.78. The fourth-order valence-electron chi connectivity index (χ4n) is 2.53. The van der Waals surface area contributed by atoms with Crippen LogP contribution in [0, 0.1) is 0 Å². The molecule has 0 saturated carbocycles. The van der Waals surface area contributed by atoms with Crippen LogP contribution in [0.4, 0.5) is 0 Å². The van der Waals surface area contributed by atoms with Crippen molar-refractivity contribution in [3.63, 3.8) is 0 Å². The maximum atomic E-state index is 12.6. The van der Waals surface area contributed by atoms with Gasteiger partial charge in [-0.25, -0.2) is 0 Å². The number of hydrogen-bond donors (Lipinski definition) is 0. The molecule has 5 heteroatoms. The summed E-state index contributed by atoms with van der Waals surface area (Å²) >= 11 is 0. The second-order valence-electron chi connectivity index (χ2n) is 6.10. The van der Waals surface area contributed by atoms with E-state index in [2.05, 4.69) is 0 Å². The van der Waals surface area contributed by atoms with Crippen molar-refractivity contribution in [2.24, 2.45) is 0 Å². The van der Waals surface area contributed by atoms with Gasteiger partial charge in [-0.15, -0.1) is 0 Å². The predicted molar refractivity (Wildman–Crippen MR) is 89.5 cm³/mol. The quantitative estimate of drug-likeness (QED) is 0.784. The Kier molecular flexibility index (Phi) is 5.42. The summed E-state index contributed by atoms with van der Waals surface area (Å²) in [6.45, 7) is 5.18. The minimum atomic E-state index is -0.372. The Morgan fingerprint density at radius 3 is 2.78 bits per heavy atom. The molecule has 0 unspecified atom stereocenters. The number of amides is 2. The van der Waals surface area contributed by atoms with Gasteiger partial charge in [0.15, 0.2) is 0 Å². The lowest BCUT2D eigenvalue weighted by atomic mass is 10.1. The molecule has 2 amide bonds. The van der Waals surface area contributed by atoms with E-state index >= 15 is 0 Å². The number of carbonyl (C=O) groups is 2. The van der Waals surface area contributed by atoms with E-state index in [0.29, 0.717) is 30.9 Å². The van der Waals surface area contributed by atoms with Crippen LogP contribution in [-0.2, 0) is 4.79 Å². The van der Waals surface area contributed by atoms with Crippen molar-refractivity contribution in [1.29, 1.82) is 0 Å². The zero-order valence-corrected chi connectivity index (χ0v) is 14.2. The minimum absolute atomic E-state index is 0.00295. The van der Waals surface area contributed by atoms with Crippen molar-refractivity contribution in [2.45, 2.75) is 26.3 Å². The summed E-state index contributed by atoms with van der Waals surface area (Å²) in [4.78, 5) is 27.9. The van der Waals surface area contributed by atoms with Crippen molar-refractivity contribution in [3.05, 3.63) is 41.5 Å². The van der Waals surface area contributed by atoms with Gasteiger partial charge < -0.3 is 14.5 Å². The standard InChI is InChI=1S/C18H24N2O3/c1-13(2)9-11-23-15-7-5-6-14(12-15)17(21)20(4)16-8-10-19(3)18(16)22/h5-7,9,12,16H,8,10-11H2,1-4H3/t16-/m0/s1. The molecule has 0 aromatic heterocycles. The summed E-state index contributed by atoms with van der Waals surface area (Å²) < 4.78 is 5.63. The SMILES string of the molecule is CC(C)=CCOc1cccc(C(=O)N(C)[C@H]2CCN(C)C2=O)c1. The first kappa shape index (κ1) is 17.1. The minimum Gasteiger partial charge on any atom is -0.490 e. The largest absolute Gasteiger partial charge is 0.490 e. The molecule has 0 spiro atoms. The lowest BCUT2D eigenvalue weighted by Crippen LogP contribution is -2.42. The van der Waals surface area contributed by atoms with Crippen molar-refractivity contribution >= 4 is 11.8 Å². The monoisotopic (exact) mass is 316 g/mol. The number of likely N-dealkylation sites (tertiary alicyclic amines) is 1. The van der Waals surface area contributed by atoms with E-state index < -0.39 is 0 Å². The molecular formula is C18H24N2O3. The van der Waals surface area contributed by atoms with Gasteiger partial charge in [0.05, 0.1) is 0 Å². The van der Waals surface area contributed by atoms with Crippen LogP contribution in [0.1, 0.15) is 30.6 Å². The Balaban J connectivity index is 2.07. The molecule has 1 aromatic carbocycles. The van der Waals surface area contributed by atoms with Crippen LogP contribution < -0.4 is 4.74 Å². The highest BCUT2D eigenvalue weighted by molar-refractivity contribution is 5.98. The van der Waals surface area contributed by atoms with Gasteiger partial charge in [0, 0.05) is 26.2 Å². The van der Waals surface area contributed by atoms with E-state index in [1.807, 2.05) is 26.0 Å². The Labute approximate surface area is 137 Å². The molecule has 0 aliphatic carbocycles. The van der Waals surface area contributed by atoms with Gasteiger partial charge in [-0.2, -0.15) is 0 Å². The van der Waals surface area contributed by atoms with Gasteiger partial charge in [-0.3, -0.25) is 9.59 Å². The molecule has 1 aliphatic rings. The first-order chi connectivity index (χ1) is 10.9. The average molecular weight is 316 g/mol. The summed E-state index contributed by atoms with van der Waals surface area (Å²) in [7, 11) is 3.44. The molecule has 2 rings (SSSR count). The van der Waals surface area contributed by atoms with E-state index in [-0.39, 0.29) is 17.9 Å². The molecule has 5 nitrogen and oxygen atoms in total. The third-order valence-electron chi connectivity index (χ3n) is 4.01. The number of nitrogens with zero attached hydrogens (tertiary/aromatic N) is 2. The van der Waals surface area contributed by atoms with Gasteiger partial charge in [-0.1, -0.05) is 11.6 Å². The summed E-state index contributed by atoms with van der Waals surface area (Å²) in [6, 6.07) is 6.71. The van der Waals surface area contributed by atoms with E-state index in [4.69, 9.17) is 4.74 Å². The second kappa shape index (κ2) is 7.31. The fraction of sp³-hybridized carbons (Fsp3) is 0.444. The van der Waals surface area contributed by atoms with Crippen molar-refractivity contribution in [1.82, 2.24) is 9.80 Å². The molecule has 0 N–H and O–H groups in total. The molecule has 1 saturated heterocycles. The van der Waals surface area contributed by atoms with Crippen molar-refractivity contribution in [3.8, 4) is 5.75 Å². The third kappa shape index (κ3) is 4.12. The highest BCUT2D eigenvalue weighted by atomic mass is 16.5. The number of benzene rings is 1. The zero-order valence-electron chi connectivity index (χ0n) is 14.2. The molecule has 1 aliphatic heterocycles. The van der Waals surface area contributed by atoms with Crippen LogP contribution in [0.5, 0.6) is 5.75 Å². The van der Waals surface area contributed by atoms with Crippen molar-refractivity contribution < 1.29 is 14.3 Å². The summed E-state index contributed by atoms with van der Waals surface area (Å²) in [6.07, 6.45) is 2.65. The van der Waals surface area contributed by atoms with Gasteiger partial charge in [-0.05, 0) is 44.5 Å². The second-order valence-corrected chi connectivity index (χ2v) is 6.10. The molecule has 0 bridgehead atoms. The predicted octanol–water partition coefficient (Wildman–Crippen LogP) is 2.33. The average Bonchev–Trinajstić information content (AvgIpc) is 2.85. The molecule has 1 fully saturated rings. The molecule has 23 heavy (non-hydrogen) atoms. The highest BCUT2D eigenvalue weighted by Crippen LogP contribution is 2.19. The van der Waals surface area contributed by atoms with E-state index in [9.17, 15) is 9.59 Å². The number of carbonyl (C=O) groups excluding carboxylic acids is 2. The number of allylic oxidation sites excluding steroid dienone is 1. The Morgan fingerprint density at radius 2 is 2.17 bits per heavy atom. The lowest BCUT2D eigenvalue weighted by Gasteiger charge is -2.23. The van der Waals surface area contributed by atoms with Crippen LogP contribution in [-0.4, -0.2) is 54.9 Å². The fourth-order valence-corrected chi connectivity index (χ4v) is 2.53. The third-order valence-corrected chi connectivity index (χ3v) is 4.01. The highest BCUT2D eigenvalue weighted by Gasteiger charge is 2.34. The van der Waals surface area contributed by atoms with Crippen molar-refractivity contribution in [2.75, 3.05) is 27.2 Å². The van der Waals surface area contributed by atoms with Gasteiger partial charge in [0.1, 0.15) is 18.4 Å². The van der Waals surface area contributed by atoms with Gasteiger partial charge >= 0.3 is 0 Å².